The van der Waals surface area contributed by atoms with Crippen LogP contribution in [0, 0.1) is 11.8 Å². The van der Waals surface area contributed by atoms with Gasteiger partial charge in [-0.25, -0.2) is 18.4 Å². The van der Waals surface area contributed by atoms with E-state index in [-0.39, 0.29) is 4.90 Å². The monoisotopic (exact) mass is 440 g/mol. The first-order chi connectivity index (χ1) is 15.5. The zero-order valence-corrected chi connectivity index (χ0v) is 17.7. The van der Waals surface area contributed by atoms with Crippen molar-refractivity contribution in [3.63, 3.8) is 0 Å². The first kappa shape index (κ1) is 19.7. The lowest BCUT2D eigenvalue weighted by molar-refractivity contribution is 0.602. The number of fused-ring (bicyclic) bond motifs is 2. The van der Waals surface area contributed by atoms with E-state index in [9.17, 15) is 8.42 Å². The molecule has 0 fully saturated rings. The molecule has 4 aromatic heterocycles. The molecule has 2 N–H and O–H groups in total. The number of nitrogens with zero attached hydrogens (tertiary/aromatic N) is 4. The molecule has 0 saturated heterocycles. The number of nitrogens with one attached hydrogen (secondary N) is 2. The van der Waals surface area contributed by atoms with Crippen molar-refractivity contribution in [2.45, 2.75) is 4.90 Å². The number of pyridine rings is 3. The molecule has 8 nitrogen and oxygen atoms in total. The van der Waals surface area contributed by atoms with Crippen LogP contribution in [0.2, 0.25) is 0 Å². The van der Waals surface area contributed by atoms with Gasteiger partial charge in [0.05, 0.1) is 28.4 Å². The summed E-state index contributed by atoms with van der Waals surface area (Å²) in [4.78, 5) is 13.3. The predicted octanol–water partition coefficient (Wildman–Crippen LogP) is 3.45. The molecule has 0 bridgehead atoms. The van der Waals surface area contributed by atoms with Gasteiger partial charge in [-0.1, -0.05) is 5.92 Å². The normalized spacial score (nSPS) is 11.3. The van der Waals surface area contributed by atoms with Gasteiger partial charge in [0.1, 0.15) is 11.5 Å². The maximum Gasteiger partial charge on any atom is 0.175 e. The molecular formula is C23H16N6O2S. The third kappa shape index (κ3) is 3.87. The zero-order chi connectivity index (χ0) is 22.1. The fourth-order valence-corrected chi connectivity index (χ4v) is 3.89. The second kappa shape index (κ2) is 7.76. The largest absolute Gasteiger partial charge is 0.340 e. The van der Waals surface area contributed by atoms with E-state index in [1.807, 2.05) is 12.1 Å². The highest BCUT2D eigenvalue weighted by atomic mass is 32.2. The number of anilines is 2. The lowest BCUT2D eigenvalue weighted by Gasteiger charge is -2.08. The molecule has 0 aliphatic rings. The molecule has 5 aromatic rings. The van der Waals surface area contributed by atoms with Crippen molar-refractivity contribution >= 4 is 43.0 Å². The summed E-state index contributed by atoms with van der Waals surface area (Å²) in [5.74, 6) is 6.87. The van der Waals surface area contributed by atoms with E-state index in [1.165, 1.54) is 6.26 Å². The summed E-state index contributed by atoms with van der Waals surface area (Å²) in [5.41, 5.74) is 2.91. The van der Waals surface area contributed by atoms with E-state index in [0.29, 0.717) is 11.5 Å². The van der Waals surface area contributed by atoms with Gasteiger partial charge in [0.2, 0.25) is 0 Å². The van der Waals surface area contributed by atoms with Crippen molar-refractivity contribution in [1.82, 2.24) is 25.1 Å². The minimum atomic E-state index is -3.24. The lowest BCUT2D eigenvalue weighted by atomic mass is 10.1. The molecule has 9 heteroatoms. The standard InChI is InChI=1S/C23H16N6O2S/c1-32(30,31)18-5-3-17(4-6-18)28-23-10-19-16(12-26-23)8-9-25-21(19)7-2-15-11-24-14-22-20(15)13-27-29-22/h3-6,8-14H,1H3,(H,26,28)(H,27,29). The summed E-state index contributed by atoms with van der Waals surface area (Å²) >= 11 is 0. The highest BCUT2D eigenvalue weighted by molar-refractivity contribution is 7.90. The van der Waals surface area contributed by atoms with Crippen molar-refractivity contribution in [1.29, 1.82) is 0 Å². The van der Waals surface area contributed by atoms with Crippen LogP contribution in [0.15, 0.2) is 72.3 Å². The Balaban J connectivity index is 1.50. The van der Waals surface area contributed by atoms with Gasteiger partial charge in [-0.2, -0.15) is 5.10 Å². The zero-order valence-electron chi connectivity index (χ0n) is 16.9. The van der Waals surface area contributed by atoms with Crippen LogP contribution in [0.1, 0.15) is 11.3 Å². The Bertz CT molecular complexity index is 1630. The average Bonchev–Trinajstić information content (AvgIpc) is 3.27. The lowest BCUT2D eigenvalue weighted by Crippen LogP contribution is -1.98. The van der Waals surface area contributed by atoms with Crippen LogP contribution < -0.4 is 5.32 Å². The van der Waals surface area contributed by atoms with Gasteiger partial charge in [0.15, 0.2) is 9.84 Å². The molecule has 0 radical (unpaired) electrons. The first-order valence-corrected chi connectivity index (χ1v) is 11.5. The maximum atomic E-state index is 11.6. The van der Waals surface area contributed by atoms with Gasteiger partial charge in [0, 0.05) is 46.7 Å². The average molecular weight is 440 g/mol. The SMILES string of the molecule is CS(=O)(=O)c1ccc(Nc2cc3c(C#Cc4cncc5[nH]ncc45)nccc3cn2)cc1. The van der Waals surface area contributed by atoms with Gasteiger partial charge in [-0.3, -0.25) is 10.1 Å². The summed E-state index contributed by atoms with van der Waals surface area (Å²) in [7, 11) is -3.24. The molecule has 4 heterocycles. The van der Waals surface area contributed by atoms with Crippen LogP contribution in [0.5, 0.6) is 0 Å². The number of hydrogen-bond acceptors (Lipinski definition) is 7. The topological polar surface area (TPSA) is 114 Å². The van der Waals surface area contributed by atoms with Crippen molar-refractivity contribution in [3.8, 4) is 11.8 Å². The summed E-state index contributed by atoms with van der Waals surface area (Å²) in [6.07, 6.45) is 9.74. The minimum absolute atomic E-state index is 0.262. The molecule has 5 rings (SSSR count). The van der Waals surface area contributed by atoms with E-state index in [2.05, 4.69) is 42.3 Å². The number of sulfone groups is 1. The first-order valence-electron chi connectivity index (χ1n) is 9.58. The molecule has 0 unspecified atom stereocenters. The van der Waals surface area contributed by atoms with Crippen LogP contribution in [0.25, 0.3) is 21.7 Å². The van der Waals surface area contributed by atoms with E-state index in [1.54, 1.807) is 55.2 Å². The number of aromatic amines is 1. The van der Waals surface area contributed by atoms with Crippen LogP contribution >= 0.6 is 0 Å². The molecule has 1 aromatic carbocycles. The smallest absolute Gasteiger partial charge is 0.175 e. The van der Waals surface area contributed by atoms with Gasteiger partial charge < -0.3 is 5.32 Å². The number of H-pyrrole nitrogens is 1. The molecule has 156 valence electrons. The summed E-state index contributed by atoms with van der Waals surface area (Å²) in [6, 6.07) is 10.3. The number of aromatic nitrogens is 5. The quantitative estimate of drug-likeness (QED) is 0.413. The summed E-state index contributed by atoms with van der Waals surface area (Å²) in [5, 5.41) is 12.8. The van der Waals surface area contributed by atoms with Gasteiger partial charge >= 0.3 is 0 Å². The van der Waals surface area contributed by atoms with Crippen LogP contribution in [0.3, 0.4) is 0 Å². The van der Waals surface area contributed by atoms with Crippen molar-refractivity contribution < 1.29 is 8.42 Å². The molecule has 32 heavy (non-hydrogen) atoms. The van der Waals surface area contributed by atoms with Gasteiger partial charge in [-0.15, -0.1) is 0 Å². The maximum absolute atomic E-state index is 11.6. The fraction of sp³-hybridized carbons (Fsp3) is 0.0435. The molecule has 0 atom stereocenters. The fourth-order valence-electron chi connectivity index (χ4n) is 3.26. The van der Waals surface area contributed by atoms with Crippen LogP contribution in [-0.2, 0) is 9.84 Å². The summed E-state index contributed by atoms with van der Waals surface area (Å²) in [6.45, 7) is 0. The minimum Gasteiger partial charge on any atom is -0.340 e. The highest BCUT2D eigenvalue weighted by Crippen LogP contribution is 2.23. The predicted molar refractivity (Wildman–Crippen MR) is 122 cm³/mol. The van der Waals surface area contributed by atoms with Crippen LogP contribution in [-0.4, -0.2) is 39.8 Å². The van der Waals surface area contributed by atoms with Crippen molar-refractivity contribution in [2.24, 2.45) is 0 Å². The van der Waals surface area contributed by atoms with Crippen molar-refractivity contribution in [3.05, 3.63) is 78.6 Å². The second-order valence-corrected chi connectivity index (χ2v) is 9.16. The van der Waals surface area contributed by atoms with Gasteiger partial charge in [-0.05, 0) is 42.3 Å². The van der Waals surface area contributed by atoms with E-state index in [0.717, 1.165) is 32.9 Å². The third-order valence-electron chi connectivity index (χ3n) is 4.88. The highest BCUT2D eigenvalue weighted by Gasteiger charge is 2.08. The molecule has 0 spiro atoms. The number of benzene rings is 1. The number of hydrogen-bond donors (Lipinski definition) is 2. The molecule has 0 aliphatic heterocycles. The Kier molecular flexibility index (Phi) is 4.77. The molecular weight excluding hydrogens is 424 g/mol. The second-order valence-electron chi connectivity index (χ2n) is 7.14. The Morgan fingerprint density at radius 1 is 0.938 bits per heavy atom. The summed E-state index contributed by atoms with van der Waals surface area (Å²) < 4.78 is 23.3. The van der Waals surface area contributed by atoms with E-state index >= 15 is 0 Å². The molecule has 0 aliphatic carbocycles. The Hall–Kier alpha value is -4.29. The van der Waals surface area contributed by atoms with E-state index in [4.69, 9.17) is 0 Å². The Morgan fingerprint density at radius 3 is 2.59 bits per heavy atom. The van der Waals surface area contributed by atoms with Gasteiger partial charge in [0.25, 0.3) is 0 Å². The molecule has 0 saturated carbocycles. The van der Waals surface area contributed by atoms with Crippen LogP contribution in [0.4, 0.5) is 11.5 Å². The molecule has 0 amide bonds. The Morgan fingerprint density at radius 2 is 1.78 bits per heavy atom. The van der Waals surface area contributed by atoms with Crippen molar-refractivity contribution in [2.75, 3.05) is 11.6 Å². The Labute approximate surface area is 183 Å². The third-order valence-corrected chi connectivity index (χ3v) is 6.01. The number of rotatable bonds is 3. The van der Waals surface area contributed by atoms with E-state index < -0.39 is 9.84 Å².